The molecule has 0 amide bonds. The van der Waals surface area contributed by atoms with Crippen molar-refractivity contribution in [3.8, 4) is 0 Å². The van der Waals surface area contributed by atoms with E-state index >= 15 is 0 Å². The second-order valence-corrected chi connectivity index (χ2v) is 4.96. The highest BCUT2D eigenvalue weighted by Gasteiger charge is 2.44. The summed E-state index contributed by atoms with van der Waals surface area (Å²) in [5.74, 6) is -0.635. The van der Waals surface area contributed by atoms with Crippen LogP contribution in [0.25, 0.3) is 11.2 Å². The number of alkyl halides is 1. The Balaban J connectivity index is 2.09. The molecule has 9 heteroatoms. The number of rotatable bonds is 2. The molecule has 0 aliphatic heterocycles. The van der Waals surface area contributed by atoms with E-state index in [1.165, 1.54) is 10.9 Å². The van der Waals surface area contributed by atoms with Crippen LogP contribution in [-0.2, 0) is 0 Å². The van der Waals surface area contributed by atoms with E-state index in [0.717, 1.165) is 0 Å². The highest BCUT2D eigenvalue weighted by Crippen LogP contribution is 2.38. The number of aliphatic hydroxyl groups is 2. The summed E-state index contributed by atoms with van der Waals surface area (Å²) >= 11 is 0. The van der Waals surface area contributed by atoms with E-state index in [1.807, 2.05) is 0 Å². The van der Waals surface area contributed by atoms with Crippen LogP contribution in [-0.4, -0.2) is 48.6 Å². The second kappa shape index (κ2) is 4.53. The average molecular weight is 283 g/mol. The molecule has 0 spiro atoms. The van der Waals surface area contributed by atoms with Crippen molar-refractivity contribution < 1.29 is 14.6 Å². The zero-order chi connectivity index (χ0) is 14.4. The molecule has 0 unspecified atom stereocenters. The molecule has 0 aromatic carbocycles. The van der Waals surface area contributed by atoms with Crippen molar-refractivity contribution in [3.63, 3.8) is 0 Å². The van der Waals surface area contributed by atoms with Crippen molar-refractivity contribution in [2.45, 2.75) is 24.7 Å². The van der Waals surface area contributed by atoms with Crippen LogP contribution < -0.4 is 11.3 Å². The number of imidazole rings is 1. The standard InChI is InChI=1S/C11H14FN5O3/c12-6-5(1-4(2-18)8(6)19)17-3-14-7-9(17)15-11(13)16-10(7)20/h3-6,8,18-19H,1-2H2,(H3,13,15,16,20)/t4-,5-,6-,8+/m1/s1. The first kappa shape index (κ1) is 13.0. The van der Waals surface area contributed by atoms with Gasteiger partial charge >= 0.3 is 0 Å². The number of H-pyrrole nitrogens is 1. The van der Waals surface area contributed by atoms with Crippen LogP contribution in [0.4, 0.5) is 10.3 Å². The van der Waals surface area contributed by atoms with E-state index in [4.69, 9.17) is 10.8 Å². The predicted octanol–water partition coefficient (Wildman–Crippen LogP) is -1.05. The maximum absolute atomic E-state index is 14.2. The minimum Gasteiger partial charge on any atom is -0.396 e. The summed E-state index contributed by atoms with van der Waals surface area (Å²) < 4.78 is 15.5. The maximum atomic E-state index is 14.2. The van der Waals surface area contributed by atoms with Gasteiger partial charge in [0.2, 0.25) is 5.95 Å². The minimum atomic E-state index is -1.56. The average Bonchev–Trinajstić information content (AvgIpc) is 2.93. The van der Waals surface area contributed by atoms with Crippen LogP contribution >= 0.6 is 0 Å². The van der Waals surface area contributed by atoms with Crippen molar-refractivity contribution in [1.82, 2.24) is 19.5 Å². The lowest BCUT2D eigenvalue weighted by Crippen LogP contribution is -2.27. The fraction of sp³-hybridized carbons (Fsp3) is 0.545. The maximum Gasteiger partial charge on any atom is 0.280 e. The van der Waals surface area contributed by atoms with Crippen molar-refractivity contribution >= 4 is 17.1 Å². The summed E-state index contributed by atoms with van der Waals surface area (Å²) in [6.45, 7) is -0.305. The predicted molar refractivity (Wildman–Crippen MR) is 67.7 cm³/mol. The van der Waals surface area contributed by atoms with Crippen LogP contribution in [0.1, 0.15) is 12.5 Å². The van der Waals surface area contributed by atoms with E-state index in [0.29, 0.717) is 0 Å². The third kappa shape index (κ3) is 1.78. The van der Waals surface area contributed by atoms with Gasteiger partial charge in [-0.2, -0.15) is 4.98 Å². The molecular formula is C11H14FN5O3. The molecule has 0 radical (unpaired) electrons. The molecule has 2 heterocycles. The normalized spacial score (nSPS) is 30.1. The molecule has 20 heavy (non-hydrogen) atoms. The smallest absolute Gasteiger partial charge is 0.280 e. The van der Waals surface area contributed by atoms with Crippen LogP contribution in [0.5, 0.6) is 0 Å². The Morgan fingerprint density at radius 1 is 1.60 bits per heavy atom. The van der Waals surface area contributed by atoms with Gasteiger partial charge in [0.25, 0.3) is 5.56 Å². The molecule has 1 saturated carbocycles. The first-order chi connectivity index (χ1) is 9.52. The van der Waals surface area contributed by atoms with Gasteiger partial charge in [0.15, 0.2) is 11.2 Å². The number of nitrogen functional groups attached to an aromatic ring is 1. The number of nitrogens with one attached hydrogen (secondary N) is 1. The number of nitrogens with two attached hydrogens (primary N) is 1. The van der Waals surface area contributed by atoms with E-state index in [1.54, 1.807) is 0 Å². The van der Waals surface area contributed by atoms with Crippen molar-refractivity contribution in [2.75, 3.05) is 12.3 Å². The number of aromatic nitrogens is 4. The molecule has 0 saturated heterocycles. The molecule has 108 valence electrons. The molecular weight excluding hydrogens is 269 g/mol. The SMILES string of the molecule is Nc1nc2c(ncn2[C@@H]2C[C@H](CO)[C@H](O)[C@@H]2F)c(=O)[nH]1. The molecule has 3 rings (SSSR count). The lowest BCUT2D eigenvalue weighted by atomic mass is 10.1. The first-order valence-corrected chi connectivity index (χ1v) is 6.18. The molecule has 0 bridgehead atoms. The lowest BCUT2D eigenvalue weighted by Gasteiger charge is -2.16. The Bertz CT molecular complexity index is 699. The largest absolute Gasteiger partial charge is 0.396 e. The first-order valence-electron chi connectivity index (χ1n) is 6.18. The minimum absolute atomic E-state index is 0.0633. The number of aliphatic hydroxyl groups excluding tert-OH is 2. The zero-order valence-corrected chi connectivity index (χ0v) is 10.4. The van der Waals surface area contributed by atoms with Crippen molar-refractivity contribution in [2.24, 2.45) is 5.92 Å². The van der Waals surface area contributed by atoms with Gasteiger partial charge in [0.1, 0.15) is 6.17 Å². The third-order valence-corrected chi connectivity index (χ3v) is 3.76. The molecule has 8 nitrogen and oxygen atoms in total. The van der Waals surface area contributed by atoms with Gasteiger partial charge in [-0.15, -0.1) is 0 Å². The Labute approximate surface area is 112 Å². The van der Waals surface area contributed by atoms with Gasteiger partial charge in [-0.1, -0.05) is 0 Å². The van der Waals surface area contributed by atoms with Crippen molar-refractivity contribution in [3.05, 3.63) is 16.7 Å². The van der Waals surface area contributed by atoms with Gasteiger partial charge in [-0.3, -0.25) is 9.78 Å². The van der Waals surface area contributed by atoms with Gasteiger partial charge in [0.05, 0.1) is 18.5 Å². The van der Waals surface area contributed by atoms with Crippen LogP contribution in [0.15, 0.2) is 11.1 Å². The summed E-state index contributed by atoms with van der Waals surface area (Å²) in [4.78, 5) is 21.8. The number of hydrogen-bond acceptors (Lipinski definition) is 6. The number of anilines is 1. The topological polar surface area (TPSA) is 130 Å². The number of nitrogens with zero attached hydrogens (tertiary/aromatic N) is 3. The molecule has 1 aliphatic rings. The molecule has 2 aromatic heterocycles. The van der Waals surface area contributed by atoms with Gasteiger partial charge < -0.3 is 20.5 Å². The monoisotopic (exact) mass is 283 g/mol. The van der Waals surface area contributed by atoms with Crippen LogP contribution in [0.2, 0.25) is 0 Å². The van der Waals surface area contributed by atoms with Crippen molar-refractivity contribution in [1.29, 1.82) is 0 Å². The second-order valence-electron chi connectivity index (χ2n) is 4.96. The van der Waals surface area contributed by atoms with Crippen LogP contribution in [0.3, 0.4) is 0 Å². The molecule has 1 aliphatic carbocycles. The summed E-state index contributed by atoms with van der Waals surface area (Å²) in [6, 6.07) is -0.735. The van der Waals surface area contributed by atoms with Gasteiger partial charge in [-0.05, 0) is 6.42 Å². The zero-order valence-electron chi connectivity index (χ0n) is 10.4. The number of fused-ring (bicyclic) bond motifs is 1. The third-order valence-electron chi connectivity index (χ3n) is 3.76. The highest BCUT2D eigenvalue weighted by atomic mass is 19.1. The Kier molecular flexibility index (Phi) is 2.94. The number of hydrogen-bond donors (Lipinski definition) is 4. The summed E-state index contributed by atoms with van der Waals surface area (Å²) in [5, 5.41) is 18.9. The number of aromatic amines is 1. The molecule has 4 atom stereocenters. The fourth-order valence-electron chi connectivity index (χ4n) is 2.70. The molecule has 2 aromatic rings. The van der Waals surface area contributed by atoms with Crippen LogP contribution in [0, 0.1) is 5.92 Å². The van der Waals surface area contributed by atoms with E-state index in [-0.39, 0.29) is 30.1 Å². The van der Waals surface area contributed by atoms with E-state index < -0.39 is 29.8 Å². The summed E-state index contributed by atoms with van der Waals surface area (Å²) in [6.07, 6.45) is -1.27. The number of halogens is 1. The summed E-state index contributed by atoms with van der Waals surface area (Å²) in [5.41, 5.74) is 5.21. The quantitative estimate of drug-likeness (QED) is 0.556. The van der Waals surface area contributed by atoms with Gasteiger partial charge in [0, 0.05) is 12.5 Å². The van der Waals surface area contributed by atoms with E-state index in [9.17, 15) is 14.3 Å². The molecule has 5 N–H and O–H groups in total. The fourth-order valence-corrected chi connectivity index (χ4v) is 2.70. The highest BCUT2D eigenvalue weighted by molar-refractivity contribution is 5.70. The van der Waals surface area contributed by atoms with E-state index in [2.05, 4.69) is 15.0 Å². The Morgan fingerprint density at radius 3 is 3.00 bits per heavy atom. The Morgan fingerprint density at radius 2 is 2.35 bits per heavy atom. The molecule has 1 fully saturated rings. The van der Waals surface area contributed by atoms with Gasteiger partial charge in [-0.25, -0.2) is 9.37 Å². The lowest BCUT2D eigenvalue weighted by molar-refractivity contribution is 0.0400. The Hall–Kier alpha value is -2.00. The summed E-state index contributed by atoms with van der Waals surface area (Å²) in [7, 11) is 0.